The van der Waals surface area contributed by atoms with E-state index in [-0.39, 0.29) is 36.3 Å². The fourth-order valence-electron chi connectivity index (χ4n) is 2.16. The van der Waals surface area contributed by atoms with Crippen LogP contribution in [0.1, 0.15) is 52.1 Å². The average molecular weight is 313 g/mol. The summed E-state index contributed by atoms with van der Waals surface area (Å²) in [5.41, 5.74) is 7.18. The number of benzene rings is 1. The largest absolute Gasteiger partial charge is 0.353 e. The van der Waals surface area contributed by atoms with E-state index in [2.05, 4.69) is 26.1 Å². The molecule has 0 spiro atoms. The van der Waals surface area contributed by atoms with Crippen molar-refractivity contribution < 1.29 is 4.79 Å². The van der Waals surface area contributed by atoms with E-state index >= 15 is 0 Å². The Morgan fingerprint density at radius 3 is 2.19 bits per heavy atom. The maximum atomic E-state index is 12.2. The van der Waals surface area contributed by atoms with Gasteiger partial charge in [0.2, 0.25) is 5.91 Å². The molecule has 1 aromatic rings. The summed E-state index contributed by atoms with van der Waals surface area (Å²) in [6, 6.07) is 9.74. The van der Waals surface area contributed by atoms with Gasteiger partial charge >= 0.3 is 0 Å². The van der Waals surface area contributed by atoms with Crippen LogP contribution in [0.2, 0.25) is 0 Å². The quantitative estimate of drug-likeness (QED) is 0.807. The lowest BCUT2D eigenvalue weighted by Crippen LogP contribution is -2.40. The van der Waals surface area contributed by atoms with Gasteiger partial charge < -0.3 is 11.1 Å². The lowest BCUT2D eigenvalue weighted by molar-refractivity contribution is -0.125. The van der Waals surface area contributed by atoms with Crippen molar-refractivity contribution in [3.8, 4) is 0 Å². The Bertz CT molecular complexity index is 409. The third-order valence-electron chi connectivity index (χ3n) is 3.70. The second-order valence-corrected chi connectivity index (χ2v) is 6.11. The molecule has 3 N–H and O–H groups in total. The standard InChI is InChI=1S/C17H28N2O.ClH/c1-12(2)10-11-13(3)19-17(20)14(4)16(18)15-8-6-5-7-9-15;/h5-9,12-14,16H,10-11,18H2,1-4H3,(H,19,20);1H. The van der Waals surface area contributed by atoms with E-state index in [9.17, 15) is 4.79 Å². The predicted molar refractivity (Wildman–Crippen MR) is 91.5 cm³/mol. The van der Waals surface area contributed by atoms with Gasteiger partial charge in [-0.15, -0.1) is 12.4 Å². The van der Waals surface area contributed by atoms with Crippen LogP contribution in [0.3, 0.4) is 0 Å². The zero-order chi connectivity index (χ0) is 15.1. The fourth-order valence-corrected chi connectivity index (χ4v) is 2.16. The molecule has 1 rings (SSSR count). The van der Waals surface area contributed by atoms with Gasteiger partial charge in [-0.05, 0) is 31.2 Å². The lowest BCUT2D eigenvalue weighted by atomic mass is 9.94. The molecule has 0 aliphatic rings. The van der Waals surface area contributed by atoms with Crippen LogP contribution in [0.15, 0.2) is 30.3 Å². The zero-order valence-corrected chi connectivity index (χ0v) is 14.3. The average Bonchev–Trinajstić information content (AvgIpc) is 2.44. The number of halogens is 1. The van der Waals surface area contributed by atoms with E-state index in [0.717, 1.165) is 18.4 Å². The summed E-state index contributed by atoms with van der Waals surface area (Å²) in [5, 5.41) is 3.07. The lowest BCUT2D eigenvalue weighted by Gasteiger charge is -2.22. The van der Waals surface area contributed by atoms with E-state index in [1.165, 1.54) is 0 Å². The summed E-state index contributed by atoms with van der Waals surface area (Å²) in [4.78, 5) is 12.2. The Morgan fingerprint density at radius 2 is 1.67 bits per heavy atom. The highest BCUT2D eigenvalue weighted by Crippen LogP contribution is 2.19. The molecule has 0 fully saturated rings. The van der Waals surface area contributed by atoms with Crippen molar-refractivity contribution in [1.82, 2.24) is 5.32 Å². The Morgan fingerprint density at radius 1 is 1.10 bits per heavy atom. The number of amides is 1. The molecule has 0 heterocycles. The maximum absolute atomic E-state index is 12.2. The first-order valence-electron chi connectivity index (χ1n) is 7.52. The summed E-state index contributed by atoms with van der Waals surface area (Å²) in [6.45, 7) is 8.34. The highest BCUT2D eigenvalue weighted by atomic mass is 35.5. The molecule has 4 heteroatoms. The van der Waals surface area contributed by atoms with E-state index in [0.29, 0.717) is 5.92 Å². The zero-order valence-electron chi connectivity index (χ0n) is 13.5. The number of carbonyl (C=O) groups excluding carboxylic acids is 1. The number of nitrogens with two attached hydrogens (primary N) is 1. The van der Waals surface area contributed by atoms with E-state index in [1.807, 2.05) is 37.3 Å². The first kappa shape index (κ1) is 19.9. The predicted octanol–water partition coefficient (Wildman–Crippen LogP) is 3.69. The van der Waals surface area contributed by atoms with Crippen LogP contribution in [0.4, 0.5) is 0 Å². The first-order valence-corrected chi connectivity index (χ1v) is 7.52. The number of nitrogens with one attached hydrogen (secondary N) is 1. The van der Waals surface area contributed by atoms with Crippen LogP contribution in [0.25, 0.3) is 0 Å². The molecule has 3 atom stereocenters. The Balaban J connectivity index is 0.00000400. The van der Waals surface area contributed by atoms with Crippen LogP contribution >= 0.6 is 12.4 Å². The Hall–Kier alpha value is -1.06. The third kappa shape index (κ3) is 6.96. The van der Waals surface area contributed by atoms with Gasteiger partial charge in [-0.3, -0.25) is 4.79 Å². The topological polar surface area (TPSA) is 55.1 Å². The van der Waals surface area contributed by atoms with Crippen LogP contribution in [-0.2, 0) is 4.79 Å². The molecule has 0 aliphatic heterocycles. The summed E-state index contributed by atoms with van der Waals surface area (Å²) >= 11 is 0. The Kier molecular flexibility index (Phi) is 9.31. The number of hydrogen-bond acceptors (Lipinski definition) is 2. The van der Waals surface area contributed by atoms with Gasteiger partial charge in [0, 0.05) is 12.1 Å². The molecule has 1 amide bonds. The van der Waals surface area contributed by atoms with Gasteiger partial charge in [0.15, 0.2) is 0 Å². The smallest absolute Gasteiger partial charge is 0.224 e. The summed E-state index contributed by atoms with van der Waals surface area (Å²) < 4.78 is 0. The minimum Gasteiger partial charge on any atom is -0.353 e. The number of rotatable bonds is 7. The third-order valence-corrected chi connectivity index (χ3v) is 3.70. The van der Waals surface area contributed by atoms with Crippen molar-refractivity contribution >= 4 is 18.3 Å². The van der Waals surface area contributed by atoms with Crippen LogP contribution in [-0.4, -0.2) is 11.9 Å². The van der Waals surface area contributed by atoms with E-state index in [4.69, 9.17) is 5.73 Å². The monoisotopic (exact) mass is 312 g/mol. The number of carbonyl (C=O) groups is 1. The molecule has 120 valence electrons. The van der Waals surface area contributed by atoms with Crippen molar-refractivity contribution in [2.45, 2.75) is 52.6 Å². The van der Waals surface area contributed by atoms with Crippen molar-refractivity contribution in [3.63, 3.8) is 0 Å². The van der Waals surface area contributed by atoms with Gasteiger partial charge in [-0.2, -0.15) is 0 Å². The molecule has 0 saturated carbocycles. The van der Waals surface area contributed by atoms with E-state index < -0.39 is 0 Å². The molecule has 0 saturated heterocycles. The van der Waals surface area contributed by atoms with Crippen molar-refractivity contribution in [2.24, 2.45) is 17.6 Å². The van der Waals surface area contributed by atoms with Crippen molar-refractivity contribution in [1.29, 1.82) is 0 Å². The van der Waals surface area contributed by atoms with Crippen LogP contribution in [0.5, 0.6) is 0 Å². The summed E-state index contributed by atoms with van der Waals surface area (Å²) in [7, 11) is 0. The summed E-state index contributed by atoms with van der Waals surface area (Å²) in [5.74, 6) is 0.481. The molecular weight excluding hydrogens is 284 g/mol. The summed E-state index contributed by atoms with van der Waals surface area (Å²) in [6.07, 6.45) is 2.14. The highest BCUT2D eigenvalue weighted by Gasteiger charge is 2.23. The van der Waals surface area contributed by atoms with Gasteiger partial charge in [-0.1, -0.05) is 51.1 Å². The molecule has 0 bridgehead atoms. The molecule has 0 aromatic heterocycles. The second kappa shape index (κ2) is 9.80. The van der Waals surface area contributed by atoms with Crippen molar-refractivity contribution in [2.75, 3.05) is 0 Å². The van der Waals surface area contributed by atoms with Crippen LogP contribution in [0, 0.1) is 11.8 Å². The van der Waals surface area contributed by atoms with Crippen molar-refractivity contribution in [3.05, 3.63) is 35.9 Å². The second-order valence-electron chi connectivity index (χ2n) is 6.11. The molecule has 0 radical (unpaired) electrons. The molecule has 21 heavy (non-hydrogen) atoms. The first-order chi connectivity index (χ1) is 9.41. The van der Waals surface area contributed by atoms with Crippen LogP contribution < -0.4 is 11.1 Å². The molecular formula is C17H29ClN2O. The highest BCUT2D eigenvalue weighted by molar-refractivity contribution is 5.85. The normalized spacial score (nSPS) is 15.0. The van der Waals surface area contributed by atoms with Gasteiger partial charge in [0.05, 0.1) is 5.92 Å². The Labute approximate surface area is 135 Å². The van der Waals surface area contributed by atoms with Gasteiger partial charge in [-0.25, -0.2) is 0 Å². The van der Waals surface area contributed by atoms with E-state index in [1.54, 1.807) is 0 Å². The van der Waals surface area contributed by atoms with Gasteiger partial charge in [0.25, 0.3) is 0 Å². The minimum atomic E-state index is -0.256. The molecule has 3 nitrogen and oxygen atoms in total. The SMILES string of the molecule is CC(C)CCC(C)NC(=O)C(C)C(N)c1ccccc1.Cl. The fraction of sp³-hybridized carbons (Fsp3) is 0.588. The molecule has 3 unspecified atom stereocenters. The molecule has 0 aliphatic carbocycles. The van der Waals surface area contributed by atoms with Gasteiger partial charge in [0.1, 0.15) is 0 Å². The number of hydrogen-bond donors (Lipinski definition) is 2. The maximum Gasteiger partial charge on any atom is 0.224 e. The minimum absolute atomic E-state index is 0. The molecule has 1 aromatic carbocycles.